The summed E-state index contributed by atoms with van der Waals surface area (Å²) in [6.45, 7) is 53.5. The molecule has 0 radical (unpaired) electrons. The summed E-state index contributed by atoms with van der Waals surface area (Å²) in [6.07, 6.45) is 6.93. The van der Waals surface area contributed by atoms with Crippen molar-refractivity contribution in [2.24, 2.45) is 0 Å². The molecule has 5 aliphatic rings. The first-order valence-corrected chi connectivity index (χ1v) is 35.0. The molecule has 90 heavy (non-hydrogen) atoms. The summed E-state index contributed by atoms with van der Waals surface area (Å²) < 4.78 is 2.72. The molecule has 0 amide bonds. The van der Waals surface area contributed by atoms with Crippen LogP contribution >= 0.6 is 11.3 Å². The van der Waals surface area contributed by atoms with Crippen LogP contribution in [0.15, 0.2) is 133 Å². The van der Waals surface area contributed by atoms with Crippen molar-refractivity contribution in [2.75, 3.05) is 14.7 Å². The van der Waals surface area contributed by atoms with E-state index in [1.54, 1.807) is 0 Å². The van der Waals surface area contributed by atoms with Crippen LogP contribution < -0.4 is 31.1 Å². The van der Waals surface area contributed by atoms with Crippen molar-refractivity contribution in [3.63, 3.8) is 0 Å². The summed E-state index contributed by atoms with van der Waals surface area (Å²) in [5.74, 6) is 0. The summed E-state index contributed by atoms with van der Waals surface area (Å²) in [7, 11) is 0. The van der Waals surface area contributed by atoms with Crippen molar-refractivity contribution in [1.82, 2.24) is 0 Å². The van der Waals surface area contributed by atoms with Crippen molar-refractivity contribution in [3.05, 3.63) is 189 Å². The topological polar surface area (TPSA) is 9.72 Å². The Morgan fingerprint density at radius 3 is 1.34 bits per heavy atom. The van der Waals surface area contributed by atoms with Crippen LogP contribution in [0.1, 0.15) is 240 Å². The molecule has 9 aromatic rings. The number of hydrogen-bond acceptors (Lipinski definition) is 4. The number of nitrogens with zero attached hydrogens (tertiary/aromatic N) is 3. The van der Waals surface area contributed by atoms with Gasteiger partial charge in [-0.15, -0.1) is 11.3 Å². The van der Waals surface area contributed by atoms with Gasteiger partial charge in [-0.2, -0.15) is 0 Å². The Morgan fingerprint density at radius 2 is 0.833 bits per heavy atom. The molecule has 464 valence electrons. The summed E-state index contributed by atoms with van der Waals surface area (Å²) in [6, 6.07) is 55.1. The predicted molar refractivity (Wildman–Crippen MR) is 395 cm³/mol. The van der Waals surface area contributed by atoms with Gasteiger partial charge in [0.05, 0.1) is 5.69 Å². The Kier molecular flexibility index (Phi) is 13.4. The van der Waals surface area contributed by atoms with E-state index in [2.05, 4.69) is 300 Å². The first kappa shape index (κ1) is 61.0. The number of thiophene rings is 1. The highest BCUT2D eigenvalue weighted by molar-refractivity contribution is 7.26. The molecule has 0 saturated carbocycles. The van der Waals surface area contributed by atoms with Crippen LogP contribution in [0.25, 0.3) is 20.2 Å². The fraction of sp³-hybridized carbons (Fsp3) is 0.435. The molecule has 1 aromatic heterocycles. The highest BCUT2D eigenvalue weighted by atomic mass is 32.1. The van der Waals surface area contributed by atoms with Gasteiger partial charge in [-0.1, -0.05) is 200 Å². The Morgan fingerprint density at radius 1 is 0.389 bits per heavy atom. The maximum absolute atomic E-state index is 2.79. The lowest BCUT2D eigenvalue weighted by Crippen LogP contribution is -2.62. The third kappa shape index (κ3) is 9.51. The molecule has 14 rings (SSSR count). The number of benzene rings is 8. The van der Waals surface area contributed by atoms with Crippen molar-refractivity contribution < 1.29 is 0 Å². The van der Waals surface area contributed by atoms with Crippen molar-refractivity contribution in [1.29, 1.82) is 0 Å². The average molecular weight is 1210 g/mol. The van der Waals surface area contributed by atoms with E-state index in [0.717, 1.165) is 42.7 Å². The molecule has 8 aromatic carbocycles. The summed E-state index contributed by atoms with van der Waals surface area (Å²) in [5, 5.41) is 2.75. The second-order valence-electron chi connectivity index (χ2n) is 35.5. The lowest BCUT2D eigenvalue weighted by Gasteiger charge is -2.48. The highest BCUT2D eigenvalue weighted by Crippen LogP contribution is 2.57. The quantitative estimate of drug-likeness (QED) is 0.159. The average Bonchev–Trinajstić information content (AvgIpc) is 0.839. The van der Waals surface area contributed by atoms with Gasteiger partial charge >= 0.3 is 0 Å². The zero-order valence-electron chi connectivity index (χ0n) is 58.8. The van der Waals surface area contributed by atoms with Crippen molar-refractivity contribution in [2.45, 2.75) is 240 Å². The third-order valence-electron chi connectivity index (χ3n) is 23.2. The number of anilines is 9. The molecule has 3 nitrogen and oxygen atoms in total. The Bertz CT molecular complexity index is 4380. The molecule has 0 fully saturated rings. The minimum absolute atomic E-state index is 0.00447. The van der Waals surface area contributed by atoms with E-state index >= 15 is 0 Å². The number of hydrogen-bond donors (Lipinski definition) is 0. The first-order valence-electron chi connectivity index (χ1n) is 34.2. The van der Waals surface area contributed by atoms with Crippen LogP contribution in [0.3, 0.4) is 0 Å². The van der Waals surface area contributed by atoms with E-state index in [1.807, 2.05) is 11.3 Å². The summed E-state index contributed by atoms with van der Waals surface area (Å²) in [4.78, 5) is 8.15. The molecular weight excluding hydrogens is 1110 g/mol. The largest absolute Gasteiger partial charge is 0.311 e. The second kappa shape index (κ2) is 19.7. The molecule has 0 N–H and O–H groups in total. The van der Waals surface area contributed by atoms with Gasteiger partial charge in [0.25, 0.3) is 6.71 Å². The minimum atomic E-state index is -0.0729. The monoisotopic (exact) mass is 1210 g/mol. The van der Waals surface area contributed by atoms with E-state index in [4.69, 9.17) is 0 Å². The van der Waals surface area contributed by atoms with E-state index in [0.29, 0.717) is 0 Å². The highest BCUT2D eigenvalue weighted by Gasteiger charge is 2.49. The van der Waals surface area contributed by atoms with Crippen LogP contribution in [-0.4, -0.2) is 6.71 Å². The number of fused-ring (bicyclic) bond motifs is 10. The van der Waals surface area contributed by atoms with Gasteiger partial charge in [-0.25, -0.2) is 0 Å². The third-order valence-corrected chi connectivity index (χ3v) is 24.3. The molecule has 0 spiro atoms. The zero-order chi connectivity index (χ0) is 64.3. The maximum Gasteiger partial charge on any atom is 0.252 e. The maximum atomic E-state index is 2.79. The summed E-state index contributed by atoms with van der Waals surface area (Å²) in [5.41, 5.74) is 29.6. The van der Waals surface area contributed by atoms with Gasteiger partial charge in [0.1, 0.15) is 0 Å². The van der Waals surface area contributed by atoms with Gasteiger partial charge in [-0.3, -0.25) is 0 Å². The van der Waals surface area contributed by atoms with E-state index in [1.165, 1.54) is 139 Å². The standard InChI is InChI=1S/C85H100BN3S/c1-51-42-61-64(84(19,20)40-38-81(61,13)14)48-68(51)89-69-46-58-74(90-73-25-23-24-60(75(58)73)79(8,9)10)50-67(69)86-66-47-63-65(85(21,22)41-39-83(63,17)18)49-70(66)88(56-34-35-59-62(43-56)82(15,16)37-36-80(59,11)12)71-44-57(45-72(89)76(71)86)87(54-30-26-52(27-31-54)77(2,3)4)55-32-28-53(29-33-55)78(5,6)7/h23-35,42-50H,36-41H2,1-22H3. The van der Waals surface area contributed by atoms with Crippen LogP contribution in [0, 0.1) is 6.92 Å². The normalized spacial score (nSPS) is 19.0. The molecule has 3 heterocycles. The Balaban J connectivity index is 1.18. The molecule has 0 bridgehead atoms. The Labute approximate surface area is 545 Å². The van der Waals surface area contributed by atoms with E-state index in [-0.39, 0.29) is 55.4 Å². The van der Waals surface area contributed by atoms with Crippen LogP contribution in [0.2, 0.25) is 0 Å². The zero-order valence-corrected chi connectivity index (χ0v) is 59.6. The first-order chi connectivity index (χ1) is 41.9. The van der Waals surface area contributed by atoms with Crippen molar-refractivity contribution >= 4 is 106 Å². The SMILES string of the molecule is Cc1cc2c(cc1N1c3cc4c(cc3B3c5cc6c(cc5N(c5ccc7c(c5)C(C)(C)CCC7(C)C)c5cc(N(c7ccc(C(C)(C)C)cc7)c7ccc(C(C)(C)C)cc7)cc1c53)C(C)(C)CCC6(C)C)sc1cccc(C(C)(C)C)c14)C(C)(C)CCC2(C)C. The summed E-state index contributed by atoms with van der Waals surface area (Å²) >= 11 is 1.98. The van der Waals surface area contributed by atoms with Crippen LogP contribution in [-0.2, 0) is 48.7 Å². The second-order valence-corrected chi connectivity index (χ2v) is 36.6. The molecule has 5 heteroatoms. The predicted octanol–water partition coefficient (Wildman–Crippen LogP) is 22.9. The fourth-order valence-corrected chi connectivity index (χ4v) is 18.1. The molecular formula is C85H100BN3S. The van der Waals surface area contributed by atoms with E-state index < -0.39 is 0 Å². The fourth-order valence-electron chi connectivity index (χ4n) is 17.0. The lowest BCUT2D eigenvalue weighted by molar-refractivity contribution is 0.332. The molecule has 0 saturated heterocycles. The molecule has 0 atom stereocenters. The lowest BCUT2D eigenvalue weighted by atomic mass is 9.33. The molecule has 2 aliphatic heterocycles. The number of aryl methyl sites for hydroxylation is 1. The van der Waals surface area contributed by atoms with Gasteiger partial charge in [0.15, 0.2) is 0 Å². The van der Waals surface area contributed by atoms with E-state index in [9.17, 15) is 0 Å². The molecule has 0 unspecified atom stereocenters. The van der Waals surface area contributed by atoms with Crippen molar-refractivity contribution in [3.8, 4) is 0 Å². The van der Waals surface area contributed by atoms with Crippen LogP contribution in [0.4, 0.5) is 51.2 Å². The Hall–Kier alpha value is -6.56. The van der Waals surface area contributed by atoms with Gasteiger partial charge in [-0.05, 0) is 245 Å². The van der Waals surface area contributed by atoms with Crippen LogP contribution in [0.5, 0.6) is 0 Å². The van der Waals surface area contributed by atoms with Gasteiger partial charge < -0.3 is 14.7 Å². The smallest absolute Gasteiger partial charge is 0.252 e. The minimum Gasteiger partial charge on any atom is -0.311 e. The number of rotatable bonds is 5. The molecule has 3 aliphatic carbocycles. The van der Waals surface area contributed by atoms with Gasteiger partial charge in [0.2, 0.25) is 0 Å². The van der Waals surface area contributed by atoms with Gasteiger partial charge in [0, 0.05) is 65.7 Å².